The fourth-order valence-electron chi connectivity index (χ4n) is 4.53. The van der Waals surface area contributed by atoms with Crippen LogP contribution in [0.25, 0.3) is 11.3 Å². The van der Waals surface area contributed by atoms with Gasteiger partial charge in [0.1, 0.15) is 0 Å². The van der Waals surface area contributed by atoms with Crippen LogP contribution in [0.15, 0.2) is 42.9 Å². The molecule has 1 fully saturated rings. The highest BCUT2D eigenvalue weighted by Crippen LogP contribution is 2.29. The lowest BCUT2D eigenvalue weighted by molar-refractivity contribution is 0.102. The topological polar surface area (TPSA) is 115 Å². The molecular formula is C24H27BN6O3. The number of hydrogen-bond acceptors (Lipinski definition) is 8. The largest absolute Gasteiger partial charge is 0.441 e. The molecule has 1 aromatic carbocycles. The molecule has 2 aliphatic rings. The van der Waals surface area contributed by atoms with Crippen LogP contribution in [0.4, 0.5) is 17.2 Å². The van der Waals surface area contributed by atoms with E-state index in [0.29, 0.717) is 24.6 Å². The molecule has 3 N–H and O–H groups in total. The van der Waals surface area contributed by atoms with Crippen molar-refractivity contribution in [2.24, 2.45) is 0 Å². The SMILES string of the molecule is BOC1CCc2ccc(-c3cnc(N)c(C(=O)Nc4cnccc4N4CCOCC4)n3)cc2C1. The van der Waals surface area contributed by atoms with Crippen molar-refractivity contribution in [1.29, 1.82) is 0 Å². The van der Waals surface area contributed by atoms with Gasteiger partial charge >= 0.3 is 0 Å². The third-order valence-corrected chi connectivity index (χ3v) is 6.43. The first-order valence-electron chi connectivity index (χ1n) is 11.5. The van der Waals surface area contributed by atoms with E-state index in [4.69, 9.17) is 15.1 Å². The van der Waals surface area contributed by atoms with E-state index < -0.39 is 5.91 Å². The molecule has 0 saturated carbocycles. The number of carbonyl (C=O) groups excluding carboxylic acids is 1. The average molecular weight is 458 g/mol. The van der Waals surface area contributed by atoms with Crippen molar-refractivity contribution < 1.29 is 14.2 Å². The summed E-state index contributed by atoms with van der Waals surface area (Å²) in [5.41, 5.74) is 11.7. The van der Waals surface area contributed by atoms with Crippen molar-refractivity contribution in [3.8, 4) is 11.3 Å². The second-order valence-electron chi connectivity index (χ2n) is 8.52. The van der Waals surface area contributed by atoms with Crippen molar-refractivity contribution in [1.82, 2.24) is 15.0 Å². The van der Waals surface area contributed by atoms with Crippen LogP contribution in [0.2, 0.25) is 0 Å². The van der Waals surface area contributed by atoms with E-state index in [1.165, 1.54) is 11.1 Å². The van der Waals surface area contributed by atoms with Crippen LogP contribution in [-0.4, -0.2) is 61.3 Å². The number of benzene rings is 1. The number of aromatic nitrogens is 3. The number of hydrogen-bond donors (Lipinski definition) is 2. The first-order valence-corrected chi connectivity index (χ1v) is 11.5. The minimum atomic E-state index is -0.424. The van der Waals surface area contributed by atoms with E-state index in [2.05, 4.69) is 37.3 Å². The van der Waals surface area contributed by atoms with Crippen LogP contribution in [0.1, 0.15) is 28.0 Å². The number of nitrogens with zero attached hydrogens (tertiary/aromatic N) is 4. The standard InChI is InChI=1S/C24H27BN6O3/c25-34-18-4-3-15-1-2-16(11-17(15)12-18)19-14-28-23(26)22(29-19)24(32)30-20-13-27-6-5-21(20)31-7-9-33-10-8-31/h1-2,5-6,11,13-14,18H,3-4,7-10,12,25H2,(H2,26,28)(H,30,32). The van der Waals surface area contributed by atoms with Crippen molar-refractivity contribution in [2.75, 3.05) is 42.3 Å². The van der Waals surface area contributed by atoms with Crippen molar-refractivity contribution >= 4 is 31.1 Å². The minimum Gasteiger partial charge on any atom is -0.441 e. The predicted octanol–water partition coefficient (Wildman–Crippen LogP) is 1.63. The molecule has 0 radical (unpaired) electrons. The van der Waals surface area contributed by atoms with Crippen molar-refractivity contribution in [3.63, 3.8) is 0 Å². The number of ether oxygens (including phenoxy) is 1. The fourth-order valence-corrected chi connectivity index (χ4v) is 4.53. The van der Waals surface area contributed by atoms with Crippen LogP contribution in [0.5, 0.6) is 0 Å². The van der Waals surface area contributed by atoms with Crippen LogP contribution in [-0.2, 0) is 22.2 Å². The van der Waals surface area contributed by atoms with Crippen molar-refractivity contribution in [3.05, 3.63) is 59.7 Å². The van der Waals surface area contributed by atoms with Gasteiger partial charge in [0.25, 0.3) is 14.0 Å². The molecule has 0 spiro atoms. The van der Waals surface area contributed by atoms with E-state index in [0.717, 1.165) is 43.6 Å². The van der Waals surface area contributed by atoms with Gasteiger partial charge in [0.2, 0.25) is 0 Å². The molecule has 9 nitrogen and oxygen atoms in total. The molecule has 5 rings (SSSR count). The normalized spacial score (nSPS) is 17.8. The van der Waals surface area contributed by atoms with E-state index in [1.54, 1.807) is 26.6 Å². The highest BCUT2D eigenvalue weighted by atomic mass is 16.5. The number of anilines is 3. The minimum absolute atomic E-state index is 0.0791. The van der Waals surface area contributed by atoms with E-state index >= 15 is 0 Å². The molecule has 1 aliphatic carbocycles. The molecule has 3 aromatic rings. The van der Waals surface area contributed by atoms with Gasteiger partial charge in [0, 0.05) is 31.0 Å². The Balaban J connectivity index is 1.40. The molecule has 0 bridgehead atoms. The van der Waals surface area contributed by atoms with E-state index in [1.807, 2.05) is 12.1 Å². The zero-order chi connectivity index (χ0) is 23.5. The number of aryl methyl sites for hydroxylation is 1. The van der Waals surface area contributed by atoms with Crippen LogP contribution in [0.3, 0.4) is 0 Å². The van der Waals surface area contributed by atoms with E-state index in [-0.39, 0.29) is 17.6 Å². The first-order chi connectivity index (χ1) is 16.6. The molecule has 1 aliphatic heterocycles. The Morgan fingerprint density at radius 1 is 1.21 bits per heavy atom. The third-order valence-electron chi connectivity index (χ3n) is 6.43. The molecule has 1 atom stereocenters. The van der Waals surface area contributed by atoms with E-state index in [9.17, 15) is 4.79 Å². The van der Waals surface area contributed by atoms with Crippen molar-refractivity contribution in [2.45, 2.75) is 25.4 Å². The lowest BCUT2D eigenvalue weighted by Gasteiger charge is -2.30. The first kappa shape index (κ1) is 22.3. The molecular weight excluding hydrogens is 431 g/mol. The maximum absolute atomic E-state index is 13.2. The van der Waals surface area contributed by atoms with Gasteiger partial charge in [0.05, 0.1) is 42.7 Å². The van der Waals surface area contributed by atoms with Gasteiger partial charge in [-0.2, -0.15) is 0 Å². The lowest BCUT2D eigenvalue weighted by Crippen LogP contribution is -2.36. The Labute approximate surface area is 199 Å². The number of nitrogens with one attached hydrogen (secondary N) is 1. The molecule has 34 heavy (non-hydrogen) atoms. The number of nitrogens with two attached hydrogens (primary N) is 1. The van der Waals surface area contributed by atoms with Gasteiger partial charge in [0.15, 0.2) is 11.5 Å². The van der Waals surface area contributed by atoms with Gasteiger partial charge in [-0.1, -0.05) is 12.1 Å². The highest BCUT2D eigenvalue weighted by molar-refractivity contribution is 6.07. The summed E-state index contributed by atoms with van der Waals surface area (Å²) in [5.74, 6) is -0.345. The molecule has 1 unspecified atom stereocenters. The van der Waals surface area contributed by atoms with Gasteiger partial charge < -0.3 is 25.3 Å². The Kier molecular flexibility index (Phi) is 6.42. The fraction of sp³-hybridized carbons (Fsp3) is 0.333. The lowest BCUT2D eigenvalue weighted by atomic mass is 9.88. The Morgan fingerprint density at radius 3 is 2.88 bits per heavy atom. The quantitative estimate of drug-likeness (QED) is 0.555. The number of fused-ring (bicyclic) bond motifs is 1. The number of morpholine rings is 1. The third kappa shape index (κ3) is 4.60. The molecule has 1 saturated heterocycles. The second kappa shape index (κ2) is 9.78. The van der Waals surface area contributed by atoms with Gasteiger partial charge in [-0.25, -0.2) is 9.97 Å². The van der Waals surface area contributed by atoms with Gasteiger partial charge in [-0.05, 0) is 42.5 Å². The Hall–Kier alpha value is -3.50. The van der Waals surface area contributed by atoms with Crippen LogP contribution in [0, 0.1) is 0 Å². The number of nitrogen functional groups attached to an aromatic ring is 1. The summed E-state index contributed by atoms with van der Waals surface area (Å²) in [4.78, 5) is 28.4. The number of amides is 1. The molecule has 174 valence electrons. The molecule has 2 aromatic heterocycles. The zero-order valence-electron chi connectivity index (χ0n) is 19.2. The summed E-state index contributed by atoms with van der Waals surface area (Å²) in [7, 11) is 1.75. The molecule has 1 amide bonds. The molecule has 10 heteroatoms. The number of rotatable bonds is 5. The predicted molar refractivity (Wildman–Crippen MR) is 133 cm³/mol. The zero-order valence-corrected chi connectivity index (χ0v) is 19.2. The summed E-state index contributed by atoms with van der Waals surface area (Å²) >= 11 is 0. The Morgan fingerprint density at radius 2 is 2.06 bits per heavy atom. The summed E-state index contributed by atoms with van der Waals surface area (Å²) < 4.78 is 11.0. The number of pyridine rings is 1. The average Bonchev–Trinajstić information content (AvgIpc) is 2.89. The summed E-state index contributed by atoms with van der Waals surface area (Å²) in [6.45, 7) is 2.77. The Bertz CT molecular complexity index is 1200. The van der Waals surface area contributed by atoms with Crippen LogP contribution >= 0.6 is 0 Å². The smallest absolute Gasteiger partial charge is 0.278 e. The molecule has 3 heterocycles. The second-order valence-corrected chi connectivity index (χ2v) is 8.52. The maximum atomic E-state index is 13.2. The van der Waals surface area contributed by atoms with Gasteiger partial charge in [-0.3, -0.25) is 9.78 Å². The summed E-state index contributed by atoms with van der Waals surface area (Å²) in [6, 6.07) is 8.14. The summed E-state index contributed by atoms with van der Waals surface area (Å²) in [5, 5.41) is 2.92. The van der Waals surface area contributed by atoms with Gasteiger partial charge in [-0.15, -0.1) is 0 Å². The monoisotopic (exact) mass is 458 g/mol. The number of carbonyl (C=O) groups is 1. The maximum Gasteiger partial charge on any atom is 0.278 e. The summed E-state index contributed by atoms with van der Waals surface area (Å²) in [6.07, 6.45) is 8.04. The highest BCUT2D eigenvalue weighted by Gasteiger charge is 2.21. The van der Waals surface area contributed by atoms with Crippen LogP contribution < -0.4 is 16.0 Å².